The maximum absolute atomic E-state index is 6.00. The molecular formula is C13H18Cl2N4. The van der Waals surface area contributed by atoms with Gasteiger partial charge < -0.3 is 10.2 Å². The van der Waals surface area contributed by atoms with Crippen LogP contribution in [0.15, 0.2) is 6.07 Å². The number of hydrogen-bond donors (Lipinski definition) is 1. The Bertz CT molecular complexity index is 454. The molecule has 4 nitrogen and oxygen atoms in total. The van der Waals surface area contributed by atoms with Gasteiger partial charge in [-0.2, -0.15) is 0 Å². The maximum Gasteiger partial charge on any atom is 0.174 e. The first-order valence-corrected chi connectivity index (χ1v) is 7.53. The van der Waals surface area contributed by atoms with E-state index in [4.69, 9.17) is 23.2 Å². The van der Waals surface area contributed by atoms with Gasteiger partial charge in [-0.3, -0.25) is 0 Å². The number of nitrogens with zero attached hydrogens (tertiary/aromatic N) is 3. The number of aromatic nitrogens is 2. The first-order chi connectivity index (χ1) is 9.13. The second kappa shape index (κ2) is 5.43. The Morgan fingerprint density at radius 3 is 2.63 bits per heavy atom. The molecule has 2 atom stereocenters. The van der Waals surface area contributed by atoms with Crippen LogP contribution in [-0.4, -0.2) is 40.8 Å². The molecule has 3 heterocycles. The summed E-state index contributed by atoms with van der Waals surface area (Å²) in [7, 11) is 2.26. The summed E-state index contributed by atoms with van der Waals surface area (Å²) in [6.07, 6.45) is 5.23. The second-order valence-electron chi connectivity index (χ2n) is 5.64. The highest BCUT2D eigenvalue weighted by Gasteiger charge is 2.38. The number of hydrogen-bond acceptors (Lipinski definition) is 4. The molecule has 1 N–H and O–H groups in total. The van der Waals surface area contributed by atoms with Crippen molar-refractivity contribution in [3.05, 3.63) is 16.4 Å². The predicted octanol–water partition coefficient (Wildman–Crippen LogP) is 3.07. The van der Waals surface area contributed by atoms with Crippen molar-refractivity contribution in [2.75, 3.05) is 18.9 Å². The summed E-state index contributed by atoms with van der Waals surface area (Å²) in [6.45, 7) is 0.933. The zero-order valence-electron chi connectivity index (χ0n) is 10.9. The van der Waals surface area contributed by atoms with E-state index in [-0.39, 0.29) is 0 Å². The van der Waals surface area contributed by atoms with Crippen LogP contribution in [0.4, 0.5) is 5.69 Å². The molecule has 2 aliphatic heterocycles. The van der Waals surface area contributed by atoms with Crippen molar-refractivity contribution in [3.63, 3.8) is 0 Å². The largest absolute Gasteiger partial charge is 0.382 e. The van der Waals surface area contributed by atoms with Gasteiger partial charge in [0.25, 0.3) is 0 Å². The average molecular weight is 301 g/mol. The van der Waals surface area contributed by atoms with Crippen LogP contribution in [0.3, 0.4) is 0 Å². The molecule has 0 aromatic carbocycles. The normalized spacial score (nSPS) is 30.6. The molecular weight excluding hydrogens is 283 g/mol. The monoisotopic (exact) mass is 300 g/mol. The molecule has 1 aromatic rings. The van der Waals surface area contributed by atoms with E-state index in [0.717, 1.165) is 24.3 Å². The third-order valence-electron chi connectivity index (χ3n) is 4.50. The van der Waals surface area contributed by atoms with Crippen molar-refractivity contribution in [2.24, 2.45) is 5.92 Å². The van der Waals surface area contributed by atoms with Crippen LogP contribution < -0.4 is 5.32 Å². The van der Waals surface area contributed by atoms with E-state index < -0.39 is 0 Å². The summed E-state index contributed by atoms with van der Waals surface area (Å²) < 4.78 is 0. The third kappa shape index (κ3) is 2.81. The van der Waals surface area contributed by atoms with Gasteiger partial charge in [0.15, 0.2) is 10.3 Å². The van der Waals surface area contributed by atoms with Crippen molar-refractivity contribution in [2.45, 2.75) is 37.8 Å². The van der Waals surface area contributed by atoms with Gasteiger partial charge in [-0.05, 0) is 38.6 Å². The van der Waals surface area contributed by atoms with Crippen LogP contribution in [0.1, 0.15) is 25.7 Å². The Morgan fingerprint density at radius 2 is 1.95 bits per heavy atom. The van der Waals surface area contributed by atoms with Crippen LogP contribution in [0.25, 0.3) is 0 Å². The molecule has 2 fully saturated rings. The fraction of sp³-hybridized carbons (Fsp3) is 0.692. The molecule has 6 heteroatoms. The molecule has 2 bridgehead atoms. The van der Waals surface area contributed by atoms with Crippen molar-refractivity contribution in [3.8, 4) is 0 Å². The lowest BCUT2D eigenvalue weighted by Gasteiger charge is -2.36. The zero-order chi connectivity index (χ0) is 13.4. The number of nitrogens with one attached hydrogen (secondary N) is 1. The van der Waals surface area contributed by atoms with Gasteiger partial charge in [-0.15, -0.1) is 10.2 Å². The Morgan fingerprint density at radius 1 is 1.26 bits per heavy atom. The Labute approximate surface area is 123 Å². The zero-order valence-corrected chi connectivity index (χ0v) is 12.5. The van der Waals surface area contributed by atoms with Gasteiger partial charge in [-0.1, -0.05) is 23.2 Å². The van der Waals surface area contributed by atoms with Crippen LogP contribution in [-0.2, 0) is 0 Å². The van der Waals surface area contributed by atoms with Crippen molar-refractivity contribution in [1.82, 2.24) is 15.1 Å². The van der Waals surface area contributed by atoms with E-state index in [1.807, 2.05) is 0 Å². The molecule has 0 amide bonds. The quantitative estimate of drug-likeness (QED) is 0.931. The molecule has 2 unspecified atom stereocenters. The lowest BCUT2D eigenvalue weighted by atomic mass is 9.91. The molecule has 2 aliphatic rings. The van der Waals surface area contributed by atoms with Crippen molar-refractivity contribution >= 4 is 28.9 Å². The molecule has 0 radical (unpaired) electrons. The van der Waals surface area contributed by atoms with Crippen LogP contribution >= 0.6 is 23.2 Å². The molecule has 3 rings (SSSR count). The first-order valence-electron chi connectivity index (χ1n) is 6.78. The number of rotatable bonds is 3. The first kappa shape index (κ1) is 13.4. The molecule has 0 saturated carbocycles. The minimum atomic E-state index is 0.371. The van der Waals surface area contributed by atoms with E-state index >= 15 is 0 Å². The smallest absolute Gasteiger partial charge is 0.174 e. The maximum atomic E-state index is 6.00. The standard InChI is InChI=1S/C13H18Cl2N4/c1-19-9-2-3-10(19)5-8(4-9)7-16-11-6-12(14)17-18-13(11)15/h6,8-10H,2-5,7H2,1H3,(H,16,17). The minimum Gasteiger partial charge on any atom is -0.382 e. The van der Waals surface area contributed by atoms with E-state index in [2.05, 4.69) is 27.5 Å². The highest BCUT2D eigenvalue weighted by Crippen LogP contribution is 2.37. The molecule has 19 heavy (non-hydrogen) atoms. The van der Waals surface area contributed by atoms with E-state index in [9.17, 15) is 0 Å². The molecule has 0 spiro atoms. The lowest BCUT2D eigenvalue weighted by molar-refractivity contribution is 0.139. The van der Waals surface area contributed by atoms with Crippen LogP contribution in [0, 0.1) is 5.92 Å². The summed E-state index contributed by atoms with van der Waals surface area (Å²) in [6, 6.07) is 3.26. The highest BCUT2D eigenvalue weighted by atomic mass is 35.5. The van der Waals surface area contributed by atoms with Crippen molar-refractivity contribution < 1.29 is 0 Å². The third-order valence-corrected chi connectivity index (χ3v) is 4.96. The van der Waals surface area contributed by atoms with E-state index in [1.54, 1.807) is 6.07 Å². The summed E-state index contributed by atoms with van der Waals surface area (Å²) >= 11 is 11.8. The second-order valence-corrected chi connectivity index (χ2v) is 6.39. The van der Waals surface area contributed by atoms with Crippen molar-refractivity contribution in [1.29, 1.82) is 0 Å². The number of piperidine rings is 1. The molecule has 0 aliphatic carbocycles. The fourth-order valence-electron chi connectivity index (χ4n) is 3.42. The number of fused-ring (bicyclic) bond motifs is 2. The minimum absolute atomic E-state index is 0.371. The number of halogens is 2. The van der Waals surface area contributed by atoms with Gasteiger partial charge in [0.05, 0.1) is 5.69 Å². The summed E-state index contributed by atoms with van der Waals surface area (Å²) in [5.74, 6) is 0.705. The van der Waals surface area contributed by atoms with Gasteiger partial charge in [0, 0.05) is 24.7 Å². The fourth-order valence-corrected chi connectivity index (χ4v) is 3.73. The van der Waals surface area contributed by atoms with E-state index in [0.29, 0.717) is 16.2 Å². The predicted molar refractivity (Wildman–Crippen MR) is 77.8 cm³/mol. The Kier molecular flexibility index (Phi) is 3.83. The van der Waals surface area contributed by atoms with E-state index in [1.165, 1.54) is 25.7 Å². The topological polar surface area (TPSA) is 41.0 Å². The molecule has 2 saturated heterocycles. The highest BCUT2D eigenvalue weighted by molar-refractivity contribution is 6.33. The SMILES string of the molecule is CN1C2CCC1CC(CNc1cc(Cl)nnc1Cl)C2. The molecule has 104 valence electrons. The van der Waals surface area contributed by atoms with Gasteiger partial charge >= 0.3 is 0 Å². The van der Waals surface area contributed by atoms with Crippen LogP contribution in [0.2, 0.25) is 10.3 Å². The summed E-state index contributed by atoms with van der Waals surface area (Å²) in [4.78, 5) is 2.55. The van der Waals surface area contributed by atoms with Gasteiger partial charge in [0.2, 0.25) is 0 Å². The van der Waals surface area contributed by atoms with Crippen LogP contribution in [0.5, 0.6) is 0 Å². The van der Waals surface area contributed by atoms with Gasteiger partial charge in [0.1, 0.15) is 0 Å². The Balaban J connectivity index is 1.60. The number of anilines is 1. The average Bonchev–Trinajstić information content (AvgIpc) is 2.63. The summed E-state index contributed by atoms with van der Waals surface area (Å²) in [5, 5.41) is 11.7. The van der Waals surface area contributed by atoms with Gasteiger partial charge in [-0.25, -0.2) is 0 Å². The Hall–Kier alpha value is -0.580. The lowest BCUT2D eigenvalue weighted by Crippen LogP contribution is -2.41. The summed E-state index contributed by atoms with van der Waals surface area (Å²) in [5.41, 5.74) is 0.785. The molecule has 1 aromatic heterocycles.